The van der Waals surface area contributed by atoms with Crippen molar-refractivity contribution in [3.8, 4) is 0 Å². The van der Waals surface area contributed by atoms with E-state index in [1.54, 1.807) is 18.2 Å². The summed E-state index contributed by atoms with van der Waals surface area (Å²) in [5, 5.41) is 0. The Hall–Kier alpha value is -0.390. The van der Waals surface area contributed by atoms with Gasteiger partial charge in [-0.15, -0.1) is 0 Å². The summed E-state index contributed by atoms with van der Waals surface area (Å²) in [6, 6.07) is 6.79. The van der Waals surface area contributed by atoms with Gasteiger partial charge in [0.05, 0.1) is 4.90 Å². The highest BCUT2D eigenvalue weighted by atomic mass is 79.9. The fourth-order valence-corrected chi connectivity index (χ4v) is 4.34. The largest absolute Gasteiger partial charge is 0.241 e. The standard InChI is InChI=1S/C12H16BrNO2S/c1-12(7-2-3-8-12)14-17(15,16)11-6-4-5-10(13)9-11/h4-6,9,14H,2-3,7-8H2,1H3. The van der Waals surface area contributed by atoms with Crippen molar-refractivity contribution >= 4 is 26.0 Å². The lowest BCUT2D eigenvalue weighted by Crippen LogP contribution is -2.43. The summed E-state index contributed by atoms with van der Waals surface area (Å²) in [4.78, 5) is 0.319. The van der Waals surface area contributed by atoms with E-state index in [0.717, 1.165) is 30.2 Å². The highest BCUT2D eigenvalue weighted by molar-refractivity contribution is 9.10. The molecule has 2 rings (SSSR count). The minimum atomic E-state index is -3.40. The van der Waals surface area contributed by atoms with E-state index in [1.807, 2.05) is 13.0 Å². The second-order valence-corrected chi connectivity index (χ2v) is 7.43. The Balaban J connectivity index is 2.25. The maximum atomic E-state index is 12.2. The second kappa shape index (κ2) is 4.71. The van der Waals surface area contributed by atoms with Crippen molar-refractivity contribution in [2.24, 2.45) is 0 Å². The molecular weight excluding hydrogens is 302 g/mol. The molecule has 0 atom stereocenters. The smallest absolute Gasteiger partial charge is 0.207 e. The van der Waals surface area contributed by atoms with Crippen molar-refractivity contribution < 1.29 is 8.42 Å². The summed E-state index contributed by atoms with van der Waals surface area (Å²) in [6.45, 7) is 1.98. The minimum Gasteiger partial charge on any atom is -0.207 e. The van der Waals surface area contributed by atoms with Gasteiger partial charge in [0.2, 0.25) is 10.0 Å². The third-order valence-electron chi connectivity index (χ3n) is 3.19. The molecule has 1 N–H and O–H groups in total. The summed E-state index contributed by atoms with van der Waals surface area (Å²) in [6.07, 6.45) is 4.02. The monoisotopic (exact) mass is 317 g/mol. The van der Waals surface area contributed by atoms with Crippen LogP contribution in [0.15, 0.2) is 33.6 Å². The molecule has 0 unspecified atom stereocenters. The van der Waals surface area contributed by atoms with Crippen LogP contribution in [0.4, 0.5) is 0 Å². The first-order valence-corrected chi connectivity index (χ1v) is 7.99. The third-order valence-corrected chi connectivity index (χ3v) is 5.32. The van der Waals surface area contributed by atoms with Crippen LogP contribution in [-0.4, -0.2) is 14.0 Å². The summed E-state index contributed by atoms with van der Waals surface area (Å²) < 4.78 is 28.0. The number of sulfonamides is 1. The molecule has 0 amide bonds. The quantitative estimate of drug-likeness (QED) is 0.931. The maximum absolute atomic E-state index is 12.2. The summed E-state index contributed by atoms with van der Waals surface area (Å²) in [5.74, 6) is 0. The zero-order valence-corrected chi connectivity index (χ0v) is 12.1. The molecule has 3 nitrogen and oxygen atoms in total. The van der Waals surface area contributed by atoms with Crippen LogP contribution in [-0.2, 0) is 10.0 Å². The van der Waals surface area contributed by atoms with Gasteiger partial charge in [-0.25, -0.2) is 13.1 Å². The van der Waals surface area contributed by atoms with Crippen molar-refractivity contribution in [2.75, 3.05) is 0 Å². The highest BCUT2D eigenvalue weighted by Crippen LogP contribution is 2.30. The lowest BCUT2D eigenvalue weighted by molar-refractivity contribution is 0.427. The SMILES string of the molecule is CC1(NS(=O)(=O)c2cccc(Br)c2)CCCC1. The molecule has 0 saturated heterocycles. The van der Waals surface area contributed by atoms with Gasteiger partial charge in [-0.2, -0.15) is 0 Å². The van der Waals surface area contributed by atoms with E-state index in [1.165, 1.54) is 0 Å². The van der Waals surface area contributed by atoms with Gasteiger partial charge in [-0.05, 0) is 38.0 Å². The molecule has 1 aromatic carbocycles. The van der Waals surface area contributed by atoms with Gasteiger partial charge in [-0.3, -0.25) is 0 Å². The normalized spacial score (nSPS) is 19.4. The predicted molar refractivity (Wildman–Crippen MR) is 71.3 cm³/mol. The molecule has 1 aromatic rings. The fraction of sp³-hybridized carbons (Fsp3) is 0.500. The first kappa shape index (κ1) is 13.1. The van der Waals surface area contributed by atoms with Crippen LogP contribution in [0.5, 0.6) is 0 Å². The van der Waals surface area contributed by atoms with E-state index in [4.69, 9.17) is 0 Å². The van der Waals surface area contributed by atoms with E-state index in [0.29, 0.717) is 4.90 Å². The van der Waals surface area contributed by atoms with Crippen molar-refractivity contribution in [3.05, 3.63) is 28.7 Å². The molecule has 0 aliphatic heterocycles. The zero-order valence-electron chi connectivity index (χ0n) is 9.74. The van der Waals surface area contributed by atoms with Gasteiger partial charge >= 0.3 is 0 Å². The van der Waals surface area contributed by atoms with Gasteiger partial charge in [-0.1, -0.05) is 34.8 Å². The van der Waals surface area contributed by atoms with E-state index in [2.05, 4.69) is 20.7 Å². The van der Waals surface area contributed by atoms with Crippen LogP contribution in [0.3, 0.4) is 0 Å². The van der Waals surface area contributed by atoms with E-state index >= 15 is 0 Å². The molecule has 0 spiro atoms. The number of rotatable bonds is 3. The van der Waals surface area contributed by atoms with Gasteiger partial charge in [0.1, 0.15) is 0 Å². The number of benzene rings is 1. The Kier molecular flexibility index (Phi) is 3.61. The van der Waals surface area contributed by atoms with E-state index in [9.17, 15) is 8.42 Å². The first-order chi connectivity index (χ1) is 7.91. The fourth-order valence-electron chi connectivity index (χ4n) is 2.27. The summed E-state index contributed by atoms with van der Waals surface area (Å²) >= 11 is 3.29. The number of hydrogen-bond donors (Lipinski definition) is 1. The van der Waals surface area contributed by atoms with Crippen molar-refractivity contribution in [1.29, 1.82) is 0 Å². The lowest BCUT2D eigenvalue weighted by atomic mass is 10.0. The molecule has 0 radical (unpaired) electrons. The summed E-state index contributed by atoms with van der Waals surface area (Å²) in [5.41, 5.74) is -0.277. The Bertz CT molecular complexity index is 507. The van der Waals surface area contributed by atoms with Crippen LogP contribution in [0.25, 0.3) is 0 Å². The van der Waals surface area contributed by atoms with Crippen LogP contribution < -0.4 is 4.72 Å². The Labute approximate surface area is 111 Å². The zero-order chi connectivity index (χ0) is 12.5. The number of halogens is 1. The first-order valence-electron chi connectivity index (χ1n) is 5.71. The molecule has 1 fully saturated rings. The Morgan fingerprint density at radius 1 is 1.29 bits per heavy atom. The van der Waals surface area contributed by atoms with Gasteiger partial charge < -0.3 is 0 Å². The van der Waals surface area contributed by atoms with Gasteiger partial charge in [0.25, 0.3) is 0 Å². The Morgan fingerprint density at radius 2 is 1.94 bits per heavy atom. The van der Waals surface area contributed by atoms with E-state index in [-0.39, 0.29) is 5.54 Å². The van der Waals surface area contributed by atoms with Crippen LogP contribution in [0.1, 0.15) is 32.6 Å². The van der Waals surface area contributed by atoms with Crippen molar-refractivity contribution in [3.63, 3.8) is 0 Å². The molecule has 1 saturated carbocycles. The lowest BCUT2D eigenvalue weighted by Gasteiger charge is -2.24. The van der Waals surface area contributed by atoms with Crippen molar-refractivity contribution in [2.45, 2.75) is 43.0 Å². The van der Waals surface area contributed by atoms with E-state index < -0.39 is 10.0 Å². The molecule has 1 aliphatic carbocycles. The Morgan fingerprint density at radius 3 is 2.53 bits per heavy atom. The highest BCUT2D eigenvalue weighted by Gasteiger charge is 2.33. The average Bonchev–Trinajstić information content (AvgIpc) is 2.64. The number of nitrogens with one attached hydrogen (secondary N) is 1. The third kappa shape index (κ3) is 3.09. The molecule has 0 bridgehead atoms. The van der Waals surface area contributed by atoms with Crippen LogP contribution in [0, 0.1) is 0 Å². The van der Waals surface area contributed by atoms with Gasteiger partial charge in [0, 0.05) is 10.0 Å². The minimum absolute atomic E-state index is 0.277. The van der Waals surface area contributed by atoms with Crippen LogP contribution >= 0.6 is 15.9 Å². The molecule has 17 heavy (non-hydrogen) atoms. The topological polar surface area (TPSA) is 46.2 Å². The molecule has 0 heterocycles. The molecule has 0 aromatic heterocycles. The second-order valence-electron chi connectivity index (χ2n) is 4.83. The average molecular weight is 318 g/mol. The number of hydrogen-bond acceptors (Lipinski definition) is 2. The van der Waals surface area contributed by atoms with Gasteiger partial charge in [0.15, 0.2) is 0 Å². The molecule has 94 valence electrons. The maximum Gasteiger partial charge on any atom is 0.241 e. The van der Waals surface area contributed by atoms with Crippen molar-refractivity contribution in [1.82, 2.24) is 4.72 Å². The summed E-state index contributed by atoms with van der Waals surface area (Å²) in [7, 11) is -3.40. The molecular formula is C12H16BrNO2S. The van der Waals surface area contributed by atoms with Crippen LogP contribution in [0.2, 0.25) is 0 Å². The predicted octanol–water partition coefficient (Wildman–Crippen LogP) is 3.06. The molecule has 5 heteroatoms. The molecule has 1 aliphatic rings.